The van der Waals surface area contributed by atoms with Crippen molar-refractivity contribution in [3.8, 4) is 0 Å². The summed E-state index contributed by atoms with van der Waals surface area (Å²) >= 11 is 0. The fraction of sp³-hybridized carbons (Fsp3) is 1.00. The third-order valence-electron chi connectivity index (χ3n) is 2.68. The first-order chi connectivity index (χ1) is 6.24. The van der Waals surface area contributed by atoms with Crippen molar-refractivity contribution in [2.24, 2.45) is 0 Å². The molecule has 0 N–H and O–H groups in total. The van der Waals surface area contributed by atoms with E-state index in [0.29, 0.717) is 0 Å². The summed E-state index contributed by atoms with van der Waals surface area (Å²) in [4.78, 5) is 0. The van der Waals surface area contributed by atoms with Gasteiger partial charge in [-0.15, -0.1) is 0 Å². The van der Waals surface area contributed by atoms with Crippen molar-refractivity contribution in [3.05, 3.63) is 0 Å². The summed E-state index contributed by atoms with van der Waals surface area (Å²) in [7, 11) is 17.2. The summed E-state index contributed by atoms with van der Waals surface area (Å²) in [5.74, 6) is 0. The zero-order valence-corrected chi connectivity index (χ0v) is 13.3. The van der Waals surface area contributed by atoms with Crippen LogP contribution in [0.3, 0.4) is 0 Å². The van der Waals surface area contributed by atoms with E-state index in [9.17, 15) is 0 Å². The second kappa shape index (κ2) is 8.75. The van der Waals surface area contributed by atoms with Gasteiger partial charge in [-0.2, -0.15) is 0 Å². The molecule has 14 heavy (non-hydrogen) atoms. The molecule has 0 radical (unpaired) electrons. The molecule has 0 spiro atoms. The number of quaternary nitrogens is 1. The molecule has 0 aromatic heterocycles. The van der Waals surface area contributed by atoms with E-state index >= 15 is 0 Å². The molecule has 0 bridgehead atoms. The van der Waals surface area contributed by atoms with Crippen LogP contribution >= 0.6 is 40.4 Å². The van der Waals surface area contributed by atoms with Crippen LogP contribution in [0.5, 0.6) is 0 Å². The zero-order valence-electron chi connectivity index (χ0n) is 9.14. The Labute approximate surface area is 107 Å². The van der Waals surface area contributed by atoms with Gasteiger partial charge in [0.1, 0.15) is 0 Å². The average molecular weight is 328 g/mol. The van der Waals surface area contributed by atoms with Gasteiger partial charge in [-0.3, -0.25) is 0 Å². The Morgan fingerprint density at radius 3 is 0.857 bits per heavy atom. The Bertz CT molecular complexity index is 110. The molecule has 0 atom stereocenters. The minimum atomic E-state index is -2.61. The Morgan fingerprint density at radius 2 is 0.857 bits per heavy atom. The Balaban J connectivity index is 0. The predicted molar refractivity (Wildman–Crippen MR) is 65.8 cm³/mol. The van der Waals surface area contributed by atoms with E-state index in [1.165, 1.54) is 30.7 Å². The van der Waals surface area contributed by atoms with E-state index in [1.807, 2.05) is 0 Å². The van der Waals surface area contributed by atoms with Gasteiger partial charge in [0.05, 0.1) is 26.2 Å². The average Bonchev–Trinajstić information content (AvgIpc) is 2.07. The van der Waals surface area contributed by atoms with Crippen LogP contribution in [0.2, 0.25) is 0 Å². The first-order valence-electron chi connectivity index (χ1n) is 4.63. The fourth-order valence-corrected chi connectivity index (χ4v) is 1.34. The SMILES string of the molecule is CC[N+](CC)(CC)CC.[Cl][Fe]([Cl])([Cl])[Cl]. The number of halogens is 4. The molecule has 0 saturated carbocycles. The zero-order chi connectivity index (χ0) is 11.8. The molecule has 1 nitrogen and oxygen atoms in total. The molecule has 0 aromatic rings. The number of rotatable bonds is 4. The Hall–Kier alpha value is 1.64. The van der Waals surface area contributed by atoms with E-state index in [2.05, 4.69) is 27.7 Å². The summed E-state index contributed by atoms with van der Waals surface area (Å²) in [5, 5.41) is 0. The van der Waals surface area contributed by atoms with Gasteiger partial charge in [0.15, 0.2) is 0 Å². The minimum absolute atomic E-state index is 1.28. The van der Waals surface area contributed by atoms with E-state index < -0.39 is 9.20 Å². The van der Waals surface area contributed by atoms with E-state index in [-0.39, 0.29) is 0 Å². The van der Waals surface area contributed by atoms with Gasteiger partial charge in [-0.05, 0) is 27.7 Å². The van der Waals surface area contributed by atoms with Gasteiger partial charge < -0.3 is 4.48 Å². The van der Waals surface area contributed by atoms with Crippen molar-refractivity contribution in [2.45, 2.75) is 27.7 Å². The molecule has 6 heteroatoms. The first-order valence-corrected chi connectivity index (χ1v) is 10.7. The van der Waals surface area contributed by atoms with Gasteiger partial charge >= 0.3 is 49.6 Å². The molecule has 0 fully saturated rings. The number of hydrogen-bond donors (Lipinski definition) is 0. The maximum absolute atomic E-state index is 4.95. The topological polar surface area (TPSA) is 0 Å². The predicted octanol–water partition coefficient (Wildman–Crippen LogP) is 4.64. The summed E-state index contributed by atoms with van der Waals surface area (Å²) in [6.45, 7) is 14.2. The van der Waals surface area contributed by atoms with Crippen LogP contribution in [0.15, 0.2) is 0 Å². The van der Waals surface area contributed by atoms with Gasteiger partial charge in [0.2, 0.25) is 0 Å². The molecule has 0 aliphatic rings. The number of nitrogens with zero attached hydrogens (tertiary/aromatic N) is 1. The standard InChI is InChI=1S/C8H20N.4ClH.Fe/c1-5-9(6-2,7-3)8-4;;;;;/h5-8H2,1-4H3;4*1H;/q+1;;;;;+4/p-4. The molecule has 0 amide bonds. The molecule has 0 heterocycles. The molecule has 0 rings (SSSR count). The van der Waals surface area contributed by atoms with Crippen LogP contribution in [0.25, 0.3) is 0 Å². The normalized spacial score (nSPS) is 13.1. The van der Waals surface area contributed by atoms with Crippen LogP contribution in [0, 0.1) is 0 Å². The molecular weight excluding hydrogens is 308 g/mol. The van der Waals surface area contributed by atoms with Crippen LogP contribution in [0.1, 0.15) is 27.7 Å². The molecule has 0 unspecified atom stereocenters. The quantitative estimate of drug-likeness (QED) is 0.521. The van der Waals surface area contributed by atoms with Crippen LogP contribution in [0.4, 0.5) is 0 Å². The summed E-state index contributed by atoms with van der Waals surface area (Å²) < 4.78 is 1.28. The molecule has 0 saturated heterocycles. The van der Waals surface area contributed by atoms with Crippen molar-refractivity contribution < 1.29 is 13.7 Å². The van der Waals surface area contributed by atoms with Crippen molar-refractivity contribution >= 4 is 40.4 Å². The fourth-order valence-electron chi connectivity index (χ4n) is 1.34. The number of hydrogen-bond acceptors (Lipinski definition) is 0. The maximum atomic E-state index is 4.95. The molecule has 92 valence electrons. The van der Waals surface area contributed by atoms with Crippen molar-refractivity contribution in [1.82, 2.24) is 0 Å². The van der Waals surface area contributed by atoms with Crippen LogP contribution < -0.4 is 0 Å². The summed E-state index contributed by atoms with van der Waals surface area (Å²) in [5.41, 5.74) is 0. The van der Waals surface area contributed by atoms with Crippen molar-refractivity contribution in [2.75, 3.05) is 26.2 Å². The molecule has 0 aliphatic heterocycles. The van der Waals surface area contributed by atoms with E-state index in [1.54, 1.807) is 0 Å². The van der Waals surface area contributed by atoms with Gasteiger partial charge in [-0.25, -0.2) is 0 Å². The van der Waals surface area contributed by atoms with Crippen molar-refractivity contribution in [3.63, 3.8) is 0 Å². The van der Waals surface area contributed by atoms with E-state index in [0.717, 1.165) is 0 Å². The van der Waals surface area contributed by atoms with E-state index in [4.69, 9.17) is 40.4 Å². The van der Waals surface area contributed by atoms with Gasteiger partial charge in [0.25, 0.3) is 0 Å². The summed E-state index contributed by atoms with van der Waals surface area (Å²) in [6, 6.07) is 0. The molecular formula is C8H20Cl4FeN+. The van der Waals surface area contributed by atoms with Crippen molar-refractivity contribution in [1.29, 1.82) is 0 Å². The first kappa shape index (κ1) is 18.0. The van der Waals surface area contributed by atoms with Crippen LogP contribution in [-0.2, 0) is 9.20 Å². The van der Waals surface area contributed by atoms with Crippen LogP contribution in [-0.4, -0.2) is 30.7 Å². The molecule has 0 aromatic carbocycles. The Morgan fingerprint density at radius 1 is 0.714 bits per heavy atom. The third kappa shape index (κ3) is 11.7. The Kier molecular flexibility index (Phi) is 11.3. The second-order valence-electron chi connectivity index (χ2n) is 2.91. The summed E-state index contributed by atoms with van der Waals surface area (Å²) in [6.07, 6.45) is 0. The second-order valence-corrected chi connectivity index (χ2v) is 13.9. The molecule has 0 aliphatic carbocycles. The van der Waals surface area contributed by atoms with Gasteiger partial charge in [-0.1, -0.05) is 0 Å². The van der Waals surface area contributed by atoms with Gasteiger partial charge in [0, 0.05) is 0 Å². The third-order valence-corrected chi connectivity index (χ3v) is 2.68. The monoisotopic (exact) mass is 326 g/mol.